The molecule has 0 aliphatic carbocycles. The van der Waals surface area contributed by atoms with Crippen molar-refractivity contribution in [2.24, 2.45) is 5.92 Å². The number of carbonyl (C=O) groups is 1. The first-order valence-corrected chi connectivity index (χ1v) is 9.88. The van der Waals surface area contributed by atoms with E-state index < -0.39 is 0 Å². The summed E-state index contributed by atoms with van der Waals surface area (Å²) in [6.07, 6.45) is 1.84. The molecule has 1 saturated heterocycles. The van der Waals surface area contributed by atoms with E-state index >= 15 is 0 Å². The summed E-state index contributed by atoms with van der Waals surface area (Å²) in [7, 11) is 1.69. The molecule has 140 valence electrons. The molecular weight excluding hydrogens is 378 g/mol. The van der Waals surface area contributed by atoms with E-state index in [4.69, 9.17) is 21.7 Å². The van der Waals surface area contributed by atoms with Crippen molar-refractivity contribution in [3.8, 4) is 11.5 Å². The van der Waals surface area contributed by atoms with Crippen molar-refractivity contribution in [1.29, 1.82) is 0 Å². The van der Waals surface area contributed by atoms with Crippen LogP contribution in [0.2, 0.25) is 0 Å². The lowest BCUT2D eigenvalue weighted by Crippen LogP contribution is -2.22. The van der Waals surface area contributed by atoms with E-state index in [9.17, 15) is 4.79 Å². The number of rotatable bonds is 7. The molecule has 4 nitrogen and oxygen atoms in total. The molecule has 0 bridgehead atoms. The molecule has 0 radical (unpaired) electrons. The minimum Gasteiger partial charge on any atom is -0.493 e. The Hall–Kier alpha value is -2.31. The monoisotopic (exact) mass is 399 g/mol. The molecule has 6 heteroatoms. The fourth-order valence-electron chi connectivity index (χ4n) is 2.45. The normalized spacial score (nSPS) is 16.7. The second kappa shape index (κ2) is 9.06. The molecule has 3 rings (SSSR count). The van der Waals surface area contributed by atoms with Gasteiger partial charge in [-0.25, -0.2) is 0 Å². The Kier molecular flexibility index (Phi) is 6.53. The minimum absolute atomic E-state index is 0.0792. The van der Waals surface area contributed by atoms with Gasteiger partial charge in [0.15, 0.2) is 0 Å². The van der Waals surface area contributed by atoms with Crippen LogP contribution in [0, 0.1) is 5.92 Å². The summed E-state index contributed by atoms with van der Waals surface area (Å²) in [6.45, 7) is 3.17. The molecule has 2 aromatic carbocycles. The number of carbonyl (C=O) groups excluding carboxylic acids is 1. The number of likely N-dealkylation sites (N-methyl/N-ethyl adjacent to an activating group) is 1. The summed E-state index contributed by atoms with van der Waals surface area (Å²) in [5.74, 6) is 1.73. The van der Waals surface area contributed by atoms with E-state index in [0.717, 1.165) is 17.1 Å². The third-order valence-corrected chi connectivity index (χ3v) is 5.48. The SMILES string of the molecule is C[C@H](COc1ccccc1)COc1ccccc1/C=C1\SC(=S)N(C)C1=O. The van der Waals surface area contributed by atoms with Gasteiger partial charge in [0.25, 0.3) is 5.91 Å². The molecular formula is C21H21NO3S2. The molecule has 0 saturated carbocycles. The summed E-state index contributed by atoms with van der Waals surface area (Å²) >= 11 is 6.49. The number of para-hydroxylation sites is 2. The van der Waals surface area contributed by atoms with Gasteiger partial charge in [0.2, 0.25) is 0 Å². The number of thiocarbonyl (C=S) groups is 1. The van der Waals surface area contributed by atoms with Gasteiger partial charge in [-0.05, 0) is 24.3 Å². The molecule has 0 unspecified atom stereocenters. The first-order chi connectivity index (χ1) is 13.0. The number of amides is 1. The van der Waals surface area contributed by atoms with Gasteiger partial charge in [0, 0.05) is 18.5 Å². The van der Waals surface area contributed by atoms with Crippen molar-refractivity contribution in [3.63, 3.8) is 0 Å². The maximum Gasteiger partial charge on any atom is 0.265 e. The van der Waals surface area contributed by atoms with Crippen LogP contribution < -0.4 is 9.47 Å². The largest absolute Gasteiger partial charge is 0.493 e. The standard InChI is InChI=1S/C21H21NO3S2/c1-15(13-24-17-9-4-3-5-10-17)14-25-18-11-7-6-8-16(18)12-19-20(23)22(2)21(26)27-19/h3-12,15H,13-14H2,1-2H3/b19-12-/t15-/m1/s1. The average molecular weight is 400 g/mol. The smallest absolute Gasteiger partial charge is 0.265 e. The van der Waals surface area contributed by atoms with Crippen molar-refractivity contribution in [1.82, 2.24) is 4.90 Å². The van der Waals surface area contributed by atoms with Crippen LogP contribution in [0.15, 0.2) is 59.5 Å². The molecule has 0 spiro atoms. The van der Waals surface area contributed by atoms with E-state index in [1.165, 1.54) is 16.7 Å². The summed E-state index contributed by atoms with van der Waals surface area (Å²) in [5, 5.41) is 0. The number of nitrogens with zero attached hydrogens (tertiary/aromatic N) is 1. The number of hydrogen-bond acceptors (Lipinski definition) is 5. The lowest BCUT2D eigenvalue weighted by Gasteiger charge is -2.15. The van der Waals surface area contributed by atoms with Crippen molar-refractivity contribution in [3.05, 3.63) is 65.1 Å². The Balaban J connectivity index is 1.61. The second-order valence-electron chi connectivity index (χ2n) is 6.32. The molecule has 2 aromatic rings. The molecule has 27 heavy (non-hydrogen) atoms. The molecule has 1 fully saturated rings. The van der Waals surface area contributed by atoms with Crippen molar-refractivity contribution in [2.45, 2.75) is 6.92 Å². The number of benzene rings is 2. The molecule has 1 atom stereocenters. The lowest BCUT2D eigenvalue weighted by atomic mass is 10.1. The summed E-state index contributed by atoms with van der Waals surface area (Å²) < 4.78 is 12.3. The summed E-state index contributed by atoms with van der Waals surface area (Å²) in [5.41, 5.74) is 0.864. The topological polar surface area (TPSA) is 38.8 Å². The van der Waals surface area contributed by atoms with Gasteiger partial charge in [0.1, 0.15) is 15.8 Å². The van der Waals surface area contributed by atoms with Crippen LogP contribution in [-0.4, -0.2) is 35.4 Å². The fraction of sp³-hybridized carbons (Fsp3) is 0.238. The summed E-state index contributed by atoms with van der Waals surface area (Å²) in [6, 6.07) is 17.4. The van der Waals surface area contributed by atoms with Gasteiger partial charge in [0.05, 0.1) is 18.1 Å². The van der Waals surface area contributed by atoms with Gasteiger partial charge in [-0.2, -0.15) is 0 Å². The van der Waals surface area contributed by atoms with Gasteiger partial charge < -0.3 is 9.47 Å². The number of hydrogen-bond donors (Lipinski definition) is 0. The number of ether oxygens (including phenoxy) is 2. The van der Waals surface area contributed by atoms with Crippen LogP contribution in [0.5, 0.6) is 11.5 Å². The van der Waals surface area contributed by atoms with Crippen LogP contribution >= 0.6 is 24.0 Å². The number of thioether (sulfide) groups is 1. The fourth-order valence-corrected chi connectivity index (χ4v) is 3.62. The first-order valence-electron chi connectivity index (χ1n) is 8.66. The van der Waals surface area contributed by atoms with E-state index in [2.05, 4.69) is 6.92 Å². The Labute approximate surface area is 169 Å². The maximum absolute atomic E-state index is 12.2. The van der Waals surface area contributed by atoms with Crippen LogP contribution in [0.4, 0.5) is 0 Å². The van der Waals surface area contributed by atoms with Crippen LogP contribution in [0.25, 0.3) is 6.08 Å². The van der Waals surface area contributed by atoms with Crippen LogP contribution in [0.3, 0.4) is 0 Å². The zero-order valence-corrected chi connectivity index (χ0v) is 16.9. The minimum atomic E-state index is -0.0792. The highest BCUT2D eigenvalue weighted by molar-refractivity contribution is 8.26. The molecule has 1 amide bonds. The van der Waals surface area contributed by atoms with E-state index in [1.807, 2.05) is 60.7 Å². The molecule has 1 aliphatic rings. The van der Waals surface area contributed by atoms with Crippen LogP contribution in [-0.2, 0) is 4.79 Å². The van der Waals surface area contributed by atoms with Gasteiger partial charge in [-0.1, -0.05) is 67.3 Å². The van der Waals surface area contributed by atoms with Gasteiger partial charge in [-0.15, -0.1) is 0 Å². The summed E-state index contributed by atoms with van der Waals surface area (Å²) in [4.78, 5) is 14.3. The maximum atomic E-state index is 12.2. The van der Waals surface area contributed by atoms with Crippen molar-refractivity contribution >= 4 is 40.3 Å². The quantitative estimate of drug-likeness (QED) is 0.502. The van der Waals surface area contributed by atoms with E-state index in [-0.39, 0.29) is 11.8 Å². The molecule has 0 aromatic heterocycles. The highest BCUT2D eigenvalue weighted by Gasteiger charge is 2.28. The van der Waals surface area contributed by atoms with E-state index in [0.29, 0.717) is 22.4 Å². The predicted molar refractivity (Wildman–Crippen MR) is 114 cm³/mol. The van der Waals surface area contributed by atoms with E-state index in [1.54, 1.807) is 7.05 Å². The second-order valence-corrected chi connectivity index (χ2v) is 7.99. The Bertz CT molecular complexity index is 852. The van der Waals surface area contributed by atoms with Crippen molar-refractivity contribution < 1.29 is 14.3 Å². The molecule has 1 heterocycles. The van der Waals surface area contributed by atoms with Crippen molar-refractivity contribution in [2.75, 3.05) is 20.3 Å². The lowest BCUT2D eigenvalue weighted by molar-refractivity contribution is -0.121. The van der Waals surface area contributed by atoms with Gasteiger partial charge >= 0.3 is 0 Å². The van der Waals surface area contributed by atoms with Gasteiger partial charge in [-0.3, -0.25) is 9.69 Å². The first kappa shape index (κ1) is 19.5. The Morgan fingerprint density at radius 2 is 1.74 bits per heavy atom. The predicted octanol–water partition coefficient (Wildman–Crippen LogP) is 4.61. The third kappa shape index (κ3) is 5.11. The Morgan fingerprint density at radius 1 is 1.07 bits per heavy atom. The molecule has 0 N–H and O–H groups in total. The Morgan fingerprint density at radius 3 is 2.44 bits per heavy atom. The van der Waals surface area contributed by atoms with Crippen LogP contribution in [0.1, 0.15) is 12.5 Å². The highest BCUT2D eigenvalue weighted by atomic mass is 32.2. The third-order valence-electron chi connectivity index (χ3n) is 3.99. The highest BCUT2D eigenvalue weighted by Crippen LogP contribution is 2.33. The zero-order valence-electron chi connectivity index (χ0n) is 15.3. The molecule has 1 aliphatic heterocycles. The zero-order chi connectivity index (χ0) is 19.2. The average Bonchev–Trinajstić information content (AvgIpc) is 2.93.